The molecule has 1 heterocycles. The zero-order valence-electron chi connectivity index (χ0n) is 23.2. The number of hydrogen-bond donors (Lipinski definition) is 1. The van der Waals surface area contributed by atoms with Crippen LogP contribution < -0.4 is 5.73 Å². The number of carbonyl (C=O) groups is 3. The second-order valence-corrected chi connectivity index (χ2v) is 11.1. The van der Waals surface area contributed by atoms with Crippen molar-refractivity contribution in [2.75, 3.05) is 6.54 Å². The van der Waals surface area contributed by atoms with Gasteiger partial charge >= 0.3 is 0 Å². The minimum absolute atomic E-state index is 0.0512. The molecule has 212 valence electrons. The van der Waals surface area contributed by atoms with Crippen molar-refractivity contribution in [1.29, 1.82) is 5.26 Å². The molecule has 1 fully saturated rings. The summed E-state index contributed by atoms with van der Waals surface area (Å²) >= 11 is 6.36. The molecule has 0 bridgehead atoms. The number of nitrogens with zero attached hydrogens (tertiary/aromatic N) is 3. The van der Waals surface area contributed by atoms with Crippen LogP contribution in [0.1, 0.15) is 41.6 Å². The van der Waals surface area contributed by atoms with Crippen LogP contribution in [-0.2, 0) is 27.2 Å². The van der Waals surface area contributed by atoms with Crippen LogP contribution in [-0.4, -0.2) is 46.1 Å². The summed E-state index contributed by atoms with van der Waals surface area (Å²) in [6.07, 6.45) is 0.759. The summed E-state index contributed by atoms with van der Waals surface area (Å²) in [6.45, 7) is 2.17. The first-order valence-corrected chi connectivity index (χ1v) is 14.3. The van der Waals surface area contributed by atoms with Crippen LogP contribution in [0.5, 0.6) is 0 Å². The molecule has 4 aromatic carbocycles. The maximum absolute atomic E-state index is 14.5. The Labute approximate surface area is 250 Å². The average Bonchev–Trinajstić information content (AvgIpc) is 3.11. The van der Waals surface area contributed by atoms with E-state index in [0.29, 0.717) is 22.6 Å². The van der Waals surface area contributed by atoms with Gasteiger partial charge in [-0.1, -0.05) is 78.3 Å². The van der Waals surface area contributed by atoms with Crippen molar-refractivity contribution >= 4 is 40.1 Å². The van der Waals surface area contributed by atoms with Gasteiger partial charge in [0.1, 0.15) is 12.1 Å². The van der Waals surface area contributed by atoms with Gasteiger partial charge < -0.3 is 15.5 Å². The Bertz CT molecular complexity index is 1680. The van der Waals surface area contributed by atoms with Crippen molar-refractivity contribution in [3.8, 4) is 6.07 Å². The zero-order chi connectivity index (χ0) is 29.8. The highest BCUT2D eigenvalue weighted by atomic mass is 35.5. The van der Waals surface area contributed by atoms with Crippen LogP contribution in [0, 0.1) is 11.3 Å². The molecule has 1 saturated heterocycles. The van der Waals surface area contributed by atoms with E-state index in [2.05, 4.69) is 6.07 Å². The standard InChI is InChI=1S/C34H31ClN4O3/c1-22-16-17-38(30(33(37)41)20-26-8-4-7-25-6-2-3-11-29(25)26)34(42)32(27-9-5-10-28(35)19-27)39(22)31(40)18-23-12-14-24(21-36)15-13-23/h2-15,19,22,30,32H,16-18,20H2,1H3,(H2,37,41)/t22-,30-,32+/m1/s1. The molecule has 0 aromatic heterocycles. The summed E-state index contributed by atoms with van der Waals surface area (Å²) in [7, 11) is 0. The van der Waals surface area contributed by atoms with Gasteiger partial charge in [-0.3, -0.25) is 14.4 Å². The maximum atomic E-state index is 14.5. The summed E-state index contributed by atoms with van der Waals surface area (Å²) in [4.78, 5) is 44.6. The molecule has 3 atom stereocenters. The van der Waals surface area contributed by atoms with Gasteiger partial charge in [-0.25, -0.2) is 0 Å². The van der Waals surface area contributed by atoms with Crippen molar-refractivity contribution in [3.05, 3.63) is 118 Å². The minimum atomic E-state index is -0.999. The molecule has 7 nitrogen and oxygen atoms in total. The molecule has 0 aliphatic carbocycles. The summed E-state index contributed by atoms with van der Waals surface area (Å²) < 4.78 is 0. The number of hydrogen-bond acceptors (Lipinski definition) is 4. The van der Waals surface area contributed by atoms with Gasteiger partial charge in [0.25, 0.3) is 5.91 Å². The van der Waals surface area contributed by atoms with Crippen LogP contribution in [0.3, 0.4) is 0 Å². The van der Waals surface area contributed by atoms with Crippen molar-refractivity contribution < 1.29 is 14.4 Å². The van der Waals surface area contributed by atoms with Crippen LogP contribution in [0.15, 0.2) is 91.0 Å². The largest absolute Gasteiger partial charge is 0.368 e. The highest BCUT2D eigenvalue weighted by molar-refractivity contribution is 6.30. The molecule has 3 amide bonds. The third-order valence-electron chi connectivity index (χ3n) is 7.95. The molecule has 0 radical (unpaired) electrons. The third kappa shape index (κ3) is 6.00. The first-order valence-electron chi connectivity index (χ1n) is 13.9. The topological polar surface area (TPSA) is 108 Å². The zero-order valence-corrected chi connectivity index (χ0v) is 24.0. The van der Waals surface area contributed by atoms with E-state index in [0.717, 1.165) is 21.9 Å². The fourth-order valence-corrected chi connectivity index (χ4v) is 5.99. The van der Waals surface area contributed by atoms with Gasteiger partial charge in [0.05, 0.1) is 18.1 Å². The first kappa shape index (κ1) is 28.8. The molecule has 4 aromatic rings. The predicted molar refractivity (Wildman–Crippen MR) is 162 cm³/mol. The monoisotopic (exact) mass is 578 g/mol. The van der Waals surface area contributed by atoms with E-state index < -0.39 is 18.0 Å². The van der Waals surface area contributed by atoms with Crippen molar-refractivity contribution in [2.24, 2.45) is 5.73 Å². The molecule has 0 unspecified atom stereocenters. The number of nitriles is 1. The molecule has 8 heteroatoms. The predicted octanol–water partition coefficient (Wildman–Crippen LogP) is 5.19. The summed E-state index contributed by atoms with van der Waals surface area (Å²) in [5.74, 6) is -1.22. The van der Waals surface area contributed by atoms with E-state index in [4.69, 9.17) is 22.6 Å². The van der Waals surface area contributed by atoms with Gasteiger partial charge in [0.15, 0.2) is 0 Å². The van der Waals surface area contributed by atoms with Gasteiger partial charge in [-0.05, 0) is 65.1 Å². The molecule has 2 N–H and O–H groups in total. The fourth-order valence-electron chi connectivity index (χ4n) is 5.79. The van der Waals surface area contributed by atoms with E-state index in [-0.39, 0.29) is 37.2 Å². The van der Waals surface area contributed by atoms with Crippen molar-refractivity contribution in [3.63, 3.8) is 0 Å². The number of nitrogens with two attached hydrogens (primary N) is 1. The summed E-state index contributed by atoms with van der Waals surface area (Å²) in [5, 5.41) is 11.6. The highest BCUT2D eigenvalue weighted by Crippen LogP contribution is 2.33. The molecular weight excluding hydrogens is 548 g/mol. The normalized spacial score (nSPS) is 17.9. The van der Waals surface area contributed by atoms with Crippen molar-refractivity contribution in [2.45, 2.75) is 44.3 Å². The molecule has 0 saturated carbocycles. The van der Waals surface area contributed by atoms with E-state index in [1.807, 2.05) is 49.4 Å². The SMILES string of the molecule is C[C@@H]1CCN([C@H](Cc2cccc3ccccc23)C(N)=O)C(=O)[C@H](c2cccc(Cl)c2)N1C(=O)Cc1ccc(C#N)cc1. The molecule has 1 aliphatic heterocycles. The number of primary amides is 1. The van der Waals surface area contributed by atoms with Crippen LogP contribution >= 0.6 is 11.6 Å². The van der Waals surface area contributed by atoms with E-state index in [9.17, 15) is 14.4 Å². The van der Waals surface area contributed by atoms with E-state index in [1.165, 1.54) is 0 Å². The number of amides is 3. The molecule has 5 rings (SSSR count). The Morgan fingerprint density at radius 1 is 1.02 bits per heavy atom. The van der Waals surface area contributed by atoms with Crippen molar-refractivity contribution in [1.82, 2.24) is 9.80 Å². The number of carbonyl (C=O) groups excluding carboxylic acids is 3. The second-order valence-electron chi connectivity index (χ2n) is 10.7. The lowest BCUT2D eigenvalue weighted by Crippen LogP contribution is -2.52. The Morgan fingerprint density at radius 2 is 1.74 bits per heavy atom. The molecule has 42 heavy (non-hydrogen) atoms. The molecular formula is C34H31ClN4O3. The summed E-state index contributed by atoms with van der Waals surface area (Å²) in [5.41, 5.74) is 8.69. The first-order chi connectivity index (χ1) is 20.3. The fraction of sp³-hybridized carbons (Fsp3) is 0.235. The smallest absolute Gasteiger partial charge is 0.250 e. The third-order valence-corrected chi connectivity index (χ3v) is 8.18. The quantitative estimate of drug-likeness (QED) is 0.325. The van der Waals surface area contributed by atoms with Crippen LogP contribution in [0.2, 0.25) is 5.02 Å². The lowest BCUT2D eigenvalue weighted by Gasteiger charge is -2.36. The molecule has 0 spiro atoms. The van der Waals surface area contributed by atoms with E-state index in [1.54, 1.807) is 58.3 Å². The van der Waals surface area contributed by atoms with Gasteiger partial charge in [0.2, 0.25) is 11.8 Å². The maximum Gasteiger partial charge on any atom is 0.250 e. The lowest BCUT2D eigenvalue weighted by atomic mass is 9.96. The number of halogens is 1. The van der Waals surface area contributed by atoms with Gasteiger partial charge in [-0.15, -0.1) is 0 Å². The lowest BCUT2D eigenvalue weighted by molar-refractivity contribution is -0.148. The minimum Gasteiger partial charge on any atom is -0.368 e. The second kappa shape index (κ2) is 12.5. The van der Waals surface area contributed by atoms with Crippen LogP contribution in [0.4, 0.5) is 0 Å². The van der Waals surface area contributed by atoms with Crippen LogP contribution in [0.25, 0.3) is 10.8 Å². The number of rotatable bonds is 7. The summed E-state index contributed by atoms with van der Waals surface area (Å²) in [6, 6.07) is 27.4. The van der Waals surface area contributed by atoms with E-state index >= 15 is 0 Å². The Kier molecular flexibility index (Phi) is 8.56. The number of fused-ring (bicyclic) bond motifs is 1. The Balaban J connectivity index is 1.53. The average molecular weight is 579 g/mol. The molecule has 1 aliphatic rings. The van der Waals surface area contributed by atoms with Gasteiger partial charge in [0, 0.05) is 24.0 Å². The van der Waals surface area contributed by atoms with Gasteiger partial charge in [-0.2, -0.15) is 5.26 Å². The Morgan fingerprint density at radius 3 is 2.45 bits per heavy atom. The highest BCUT2D eigenvalue weighted by Gasteiger charge is 2.43. The number of benzene rings is 4. The Hall–Kier alpha value is -4.67.